The van der Waals surface area contributed by atoms with E-state index in [0.29, 0.717) is 19.3 Å². The Labute approximate surface area is 480 Å². The topological polar surface area (TPSA) is 175 Å². The van der Waals surface area contributed by atoms with Gasteiger partial charge in [-0.3, -0.25) is 14.4 Å². The summed E-state index contributed by atoms with van der Waals surface area (Å²) in [6, 6.07) is 0. The molecule has 1 aliphatic heterocycles. The molecule has 0 aromatic carbocycles. The van der Waals surface area contributed by atoms with Crippen LogP contribution in [0.4, 0.5) is 0 Å². The molecule has 1 aliphatic rings. The number of ether oxygens (including phenoxy) is 5. The number of allylic oxidation sites excluding steroid dienone is 14. The normalized spacial score (nSPS) is 18.4. The van der Waals surface area contributed by atoms with Crippen molar-refractivity contribution in [2.75, 3.05) is 13.2 Å². The number of aliphatic hydroxyl groups is 2. The minimum Gasteiger partial charge on any atom is -0.479 e. The number of esters is 3. The Morgan fingerprint density at radius 1 is 0.430 bits per heavy atom. The highest BCUT2D eigenvalue weighted by Crippen LogP contribution is 2.26. The zero-order valence-electron chi connectivity index (χ0n) is 49.8. The molecule has 0 amide bonds. The standard InChI is InChI=1S/C67H112O12/c1-4-7-10-13-16-19-22-25-28-30-33-35-38-41-44-47-50-53-59(68)75-56-58(77-60(69)54-51-48-45-42-39-36-32-27-24-21-18-15-12-9-6-3)57-76-67-65(63(72)62(71)64(79-67)66(73)74)78-61(70)55-52-49-46-43-40-37-34-31-29-26-23-20-17-14-11-8-5-2/h9,12,16-21,25-29,32,58,62-65,67,71-72H,4-8,10-11,13-15,22-24,30-31,33-57H2,1-3H3,(H,73,74)/b12-9-,19-16-,20-17-,21-18-,28-25-,29-26-,32-27-. The number of carboxylic acid groups (broad SMARTS) is 1. The Bertz CT molecular complexity index is 1700. The van der Waals surface area contributed by atoms with Crippen molar-refractivity contribution in [1.82, 2.24) is 0 Å². The van der Waals surface area contributed by atoms with E-state index in [2.05, 4.69) is 106 Å². The zero-order valence-corrected chi connectivity index (χ0v) is 49.8. The average molecular weight is 1110 g/mol. The van der Waals surface area contributed by atoms with Gasteiger partial charge in [0.1, 0.15) is 18.8 Å². The van der Waals surface area contributed by atoms with Gasteiger partial charge in [-0.15, -0.1) is 0 Å². The van der Waals surface area contributed by atoms with E-state index in [-0.39, 0.29) is 25.9 Å². The van der Waals surface area contributed by atoms with E-state index in [1.54, 1.807) is 0 Å². The van der Waals surface area contributed by atoms with Crippen molar-refractivity contribution in [3.8, 4) is 0 Å². The van der Waals surface area contributed by atoms with Crippen LogP contribution in [-0.2, 0) is 42.9 Å². The molecule has 12 heteroatoms. The molecule has 3 N–H and O–H groups in total. The minimum absolute atomic E-state index is 0.0461. The molecule has 0 aromatic heterocycles. The van der Waals surface area contributed by atoms with E-state index >= 15 is 0 Å². The van der Waals surface area contributed by atoms with Crippen LogP contribution in [0.1, 0.15) is 265 Å². The number of hydrogen-bond donors (Lipinski definition) is 3. The molecule has 6 atom stereocenters. The lowest BCUT2D eigenvalue weighted by molar-refractivity contribution is -0.301. The number of carbonyl (C=O) groups is 4. The number of aliphatic carboxylic acids is 1. The van der Waals surface area contributed by atoms with Crippen molar-refractivity contribution in [2.45, 2.75) is 302 Å². The third-order valence-corrected chi connectivity index (χ3v) is 13.9. The molecule has 0 aliphatic carbocycles. The van der Waals surface area contributed by atoms with Gasteiger partial charge in [0.15, 0.2) is 24.6 Å². The van der Waals surface area contributed by atoms with Crippen LogP contribution in [0.25, 0.3) is 0 Å². The van der Waals surface area contributed by atoms with E-state index in [4.69, 9.17) is 23.7 Å². The van der Waals surface area contributed by atoms with E-state index in [0.717, 1.165) is 148 Å². The molecule has 12 nitrogen and oxygen atoms in total. The molecule has 452 valence electrons. The lowest BCUT2D eigenvalue weighted by Gasteiger charge is -2.40. The molecule has 0 saturated carbocycles. The summed E-state index contributed by atoms with van der Waals surface area (Å²) in [4.78, 5) is 51.3. The number of aliphatic hydroxyl groups excluding tert-OH is 2. The second-order valence-corrected chi connectivity index (χ2v) is 21.3. The summed E-state index contributed by atoms with van der Waals surface area (Å²) in [6.07, 6.45) is 58.2. The predicted molar refractivity (Wildman–Crippen MR) is 321 cm³/mol. The molecule has 0 spiro atoms. The highest BCUT2D eigenvalue weighted by atomic mass is 16.7. The van der Waals surface area contributed by atoms with Crippen LogP contribution in [0.5, 0.6) is 0 Å². The zero-order chi connectivity index (χ0) is 57.5. The summed E-state index contributed by atoms with van der Waals surface area (Å²) in [5.74, 6) is -3.16. The van der Waals surface area contributed by atoms with Crippen LogP contribution in [0.2, 0.25) is 0 Å². The molecule has 6 unspecified atom stereocenters. The summed E-state index contributed by atoms with van der Waals surface area (Å²) < 4.78 is 28.5. The fourth-order valence-corrected chi connectivity index (χ4v) is 9.09. The molecule has 0 aromatic rings. The SMILES string of the molecule is CC/C=C\C/C=C\C/C=C\CCCCCCCC(=O)OC(COC(=O)CCCCCCCCC/C=C\C/C=C\CCCCC)COC1OC(C(=O)O)C(O)C(O)C1OC(=O)CCCCCCCCC/C=C\C/C=C\CCCCC. The van der Waals surface area contributed by atoms with Crippen LogP contribution in [-0.4, -0.2) is 89.2 Å². The third kappa shape index (κ3) is 44.3. The summed E-state index contributed by atoms with van der Waals surface area (Å²) in [5.41, 5.74) is 0. The molecule has 79 heavy (non-hydrogen) atoms. The van der Waals surface area contributed by atoms with Crippen LogP contribution in [0, 0.1) is 0 Å². The van der Waals surface area contributed by atoms with Crippen LogP contribution in [0.3, 0.4) is 0 Å². The van der Waals surface area contributed by atoms with Crippen molar-refractivity contribution in [2.24, 2.45) is 0 Å². The van der Waals surface area contributed by atoms with E-state index in [9.17, 15) is 34.5 Å². The van der Waals surface area contributed by atoms with Crippen molar-refractivity contribution < 1.29 is 58.2 Å². The van der Waals surface area contributed by atoms with Crippen LogP contribution < -0.4 is 0 Å². The fraction of sp³-hybridized carbons (Fsp3) is 0.731. The van der Waals surface area contributed by atoms with Gasteiger partial charge in [-0.2, -0.15) is 0 Å². The number of unbranched alkanes of at least 4 members (excludes halogenated alkanes) is 25. The highest BCUT2D eigenvalue weighted by molar-refractivity contribution is 5.74. The number of rotatable bonds is 53. The Morgan fingerprint density at radius 3 is 1.22 bits per heavy atom. The first-order valence-corrected chi connectivity index (χ1v) is 31.6. The van der Waals surface area contributed by atoms with Crippen LogP contribution in [0.15, 0.2) is 85.1 Å². The van der Waals surface area contributed by atoms with Gasteiger partial charge in [0.2, 0.25) is 0 Å². The number of carbonyl (C=O) groups excluding carboxylic acids is 3. The Balaban J connectivity index is 2.69. The van der Waals surface area contributed by atoms with E-state index in [1.165, 1.54) is 57.8 Å². The van der Waals surface area contributed by atoms with E-state index < -0.39 is 67.3 Å². The monoisotopic (exact) mass is 1110 g/mol. The maximum Gasteiger partial charge on any atom is 0.335 e. The van der Waals surface area contributed by atoms with Gasteiger partial charge in [0.05, 0.1) is 6.61 Å². The average Bonchev–Trinajstić information content (AvgIpc) is 3.46. The molecule has 1 heterocycles. The Hall–Kier alpha value is -4.10. The first-order chi connectivity index (χ1) is 38.6. The van der Waals surface area contributed by atoms with Gasteiger partial charge in [-0.1, -0.05) is 215 Å². The van der Waals surface area contributed by atoms with Gasteiger partial charge >= 0.3 is 23.9 Å². The molecular formula is C67H112O12. The quantitative estimate of drug-likeness (QED) is 0.0228. The second kappa shape index (κ2) is 54.5. The highest BCUT2D eigenvalue weighted by Gasteiger charge is 2.50. The van der Waals surface area contributed by atoms with Gasteiger partial charge in [-0.25, -0.2) is 4.79 Å². The second-order valence-electron chi connectivity index (χ2n) is 21.3. The Kier molecular flexibility index (Phi) is 50.3. The molecular weight excluding hydrogens is 997 g/mol. The molecule has 1 rings (SSSR count). The van der Waals surface area contributed by atoms with Crippen molar-refractivity contribution in [1.29, 1.82) is 0 Å². The summed E-state index contributed by atoms with van der Waals surface area (Å²) in [7, 11) is 0. The summed E-state index contributed by atoms with van der Waals surface area (Å²) >= 11 is 0. The maximum absolute atomic E-state index is 13.2. The summed E-state index contributed by atoms with van der Waals surface area (Å²) in [6.45, 7) is 5.82. The predicted octanol–water partition coefficient (Wildman–Crippen LogP) is 16.7. The third-order valence-electron chi connectivity index (χ3n) is 13.9. The Morgan fingerprint density at radius 2 is 0.797 bits per heavy atom. The fourth-order valence-electron chi connectivity index (χ4n) is 9.09. The maximum atomic E-state index is 13.2. The minimum atomic E-state index is -1.91. The summed E-state index contributed by atoms with van der Waals surface area (Å²) in [5, 5.41) is 31.6. The molecule has 0 bridgehead atoms. The molecule has 0 radical (unpaired) electrons. The van der Waals surface area contributed by atoms with Gasteiger partial charge < -0.3 is 39.0 Å². The number of hydrogen-bond acceptors (Lipinski definition) is 11. The molecule has 1 fully saturated rings. The molecule has 1 saturated heterocycles. The first-order valence-electron chi connectivity index (χ1n) is 31.6. The van der Waals surface area contributed by atoms with Gasteiger partial charge in [-0.05, 0) is 116 Å². The smallest absolute Gasteiger partial charge is 0.335 e. The van der Waals surface area contributed by atoms with Crippen molar-refractivity contribution in [3.05, 3.63) is 85.1 Å². The van der Waals surface area contributed by atoms with Crippen LogP contribution >= 0.6 is 0 Å². The van der Waals surface area contributed by atoms with Crippen molar-refractivity contribution in [3.63, 3.8) is 0 Å². The number of carboxylic acids is 1. The van der Waals surface area contributed by atoms with Crippen molar-refractivity contribution >= 4 is 23.9 Å². The first kappa shape index (κ1) is 72.9. The largest absolute Gasteiger partial charge is 0.479 e. The van der Waals surface area contributed by atoms with E-state index in [1.807, 2.05) is 0 Å². The van der Waals surface area contributed by atoms with Gasteiger partial charge in [0.25, 0.3) is 0 Å². The van der Waals surface area contributed by atoms with Gasteiger partial charge in [0, 0.05) is 19.3 Å². The lowest BCUT2D eigenvalue weighted by atomic mass is 9.98. The lowest BCUT2D eigenvalue weighted by Crippen LogP contribution is -2.61.